The number of urea groups is 1. The summed E-state index contributed by atoms with van der Waals surface area (Å²) in [5.74, 6) is 0.608. The second-order valence-corrected chi connectivity index (χ2v) is 10.7. The number of rotatable bonds is 9. The molecule has 0 aromatic heterocycles. The second kappa shape index (κ2) is 11.7. The van der Waals surface area contributed by atoms with Crippen LogP contribution < -0.4 is 11.1 Å². The lowest BCUT2D eigenvalue weighted by molar-refractivity contribution is -0.132. The molecule has 0 atom stereocenters. The monoisotopic (exact) mass is 464 g/mol. The van der Waals surface area contributed by atoms with E-state index in [9.17, 15) is 18.0 Å². The van der Waals surface area contributed by atoms with E-state index < -0.39 is 16.1 Å². The first kappa shape index (κ1) is 24.5. The predicted octanol–water partition coefficient (Wildman–Crippen LogP) is 2.80. The number of sulfonamides is 1. The van der Waals surface area contributed by atoms with Crippen molar-refractivity contribution in [1.82, 2.24) is 14.5 Å². The molecule has 2 fully saturated rings. The Hall–Kier alpha value is -2.13. The quantitative estimate of drug-likeness (QED) is 0.547. The molecule has 1 saturated heterocycles. The molecule has 0 spiro atoms. The van der Waals surface area contributed by atoms with E-state index in [1.165, 1.54) is 42.0 Å². The molecule has 3 amide bonds. The molecule has 1 heterocycles. The minimum absolute atomic E-state index is 0.0572. The number of nitrogens with two attached hydrogens (primary N) is 1. The summed E-state index contributed by atoms with van der Waals surface area (Å²) >= 11 is 0. The Morgan fingerprint density at radius 2 is 1.59 bits per heavy atom. The zero-order chi connectivity index (χ0) is 23.0. The van der Waals surface area contributed by atoms with E-state index in [2.05, 4.69) is 5.32 Å². The van der Waals surface area contributed by atoms with Gasteiger partial charge in [0.1, 0.15) is 0 Å². The van der Waals surface area contributed by atoms with E-state index in [0.717, 1.165) is 19.3 Å². The first-order valence-electron chi connectivity index (χ1n) is 11.8. The van der Waals surface area contributed by atoms with Crippen molar-refractivity contribution in [2.45, 2.75) is 68.6 Å². The highest BCUT2D eigenvalue weighted by Gasteiger charge is 2.30. The van der Waals surface area contributed by atoms with E-state index >= 15 is 0 Å². The Bertz CT molecular complexity index is 858. The number of unbranched alkanes of at least 4 members (excludes halogenated alkanes) is 2. The third kappa shape index (κ3) is 6.68. The van der Waals surface area contributed by atoms with Gasteiger partial charge in [-0.15, -0.1) is 0 Å². The van der Waals surface area contributed by atoms with E-state index in [1.807, 2.05) is 12.1 Å². The first-order chi connectivity index (χ1) is 15.4. The molecule has 2 aliphatic rings. The maximum Gasteiger partial charge on any atom is 0.312 e. The molecule has 1 saturated carbocycles. The standard InChI is InChI=1S/C23H36N4O4S/c24-23(29)25-14-6-2-5-9-22(28)26-15-17-27(18-16-26)32(30,31)21-12-10-20(11-13-21)19-7-3-1-4-8-19/h10-13,19H,1-9,14-18H2,(H3,24,25,29). The topological polar surface area (TPSA) is 113 Å². The molecule has 1 aliphatic carbocycles. The molecule has 1 aromatic carbocycles. The summed E-state index contributed by atoms with van der Waals surface area (Å²) in [5, 5.41) is 2.53. The van der Waals surface area contributed by atoms with Crippen LogP contribution in [-0.4, -0.2) is 62.3 Å². The minimum Gasteiger partial charge on any atom is -0.352 e. The lowest BCUT2D eigenvalue weighted by atomic mass is 9.84. The van der Waals surface area contributed by atoms with Crippen LogP contribution in [0.3, 0.4) is 0 Å². The Labute approximate surface area is 191 Å². The fraction of sp³-hybridized carbons (Fsp3) is 0.652. The molecule has 3 rings (SSSR count). The normalized spacial score (nSPS) is 18.4. The maximum absolute atomic E-state index is 13.1. The van der Waals surface area contributed by atoms with Crippen molar-refractivity contribution in [3.8, 4) is 0 Å². The number of primary amides is 1. The summed E-state index contributed by atoms with van der Waals surface area (Å²) < 4.78 is 27.6. The van der Waals surface area contributed by atoms with Crippen molar-refractivity contribution in [2.75, 3.05) is 32.7 Å². The third-order valence-electron chi connectivity index (χ3n) is 6.55. The molecule has 9 heteroatoms. The molecule has 8 nitrogen and oxygen atoms in total. The highest BCUT2D eigenvalue weighted by Crippen LogP contribution is 2.33. The Morgan fingerprint density at radius 3 is 2.22 bits per heavy atom. The lowest BCUT2D eigenvalue weighted by Gasteiger charge is -2.34. The molecule has 1 aromatic rings. The second-order valence-electron chi connectivity index (χ2n) is 8.79. The number of benzene rings is 1. The molecule has 0 radical (unpaired) electrons. The van der Waals surface area contributed by atoms with Gasteiger partial charge in [-0.05, 0) is 49.3 Å². The predicted molar refractivity (Wildman–Crippen MR) is 124 cm³/mol. The van der Waals surface area contributed by atoms with Gasteiger partial charge in [0.25, 0.3) is 0 Å². The summed E-state index contributed by atoms with van der Waals surface area (Å²) in [4.78, 5) is 25.1. The SMILES string of the molecule is NC(=O)NCCCCCC(=O)N1CCN(S(=O)(=O)c2ccc(C3CCCCC3)cc2)CC1. The van der Waals surface area contributed by atoms with Gasteiger partial charge in [-0.2, -0.15) is 4.31 Å². The molecular formula is C23H36N4O4S. The number of amides is 3. The summed E-state index contributed by atoms with van der Waals surface area (Å²) in [5.41, 5.74) is 6.25. The summed E-state index contributed by atoms with van der Waals surface area (Å²) in [7, 11) is -3.54. The number of hydrogen-bond donors (Lipinski definition) is 2. The van der Waals surface area contributed by atoms with E-state index in [-0.39, 0.29) is 5.91 Å². The van der Waals surface area contributed by atoms with Gasteiger partial charge < -0.3 is 16.0 Å². The van der Waals surface area contributed by atoms with Gasteiger partial charge in [-0.1, -0.05) is 37.8 Å². The molecule has 0 bridgehead atoms. The zero-order valence-electron chi connectivity index (χ0n) is 18.8. The van der Waals surface area contributed by atoms with Crippen LogP contribution in [0.1, 0.15) is 69.3 Å². The molecular weight excluding hydrogens is 428 g/mol. The molecule has 3 N–H and O–H groups in total. The van der Waals surface area contributed by atoms with Gasteiger partial charge in [0.15, 0.2) is 0 Å². The number of piperazine rings is 1. The fourth-order valence-electron chi connectivity index (χ4n) is 4.62. The number of hydrogen-bond acceptors (Lipinski definition) is 4. The van der Waals surface area contributed by atoms with Crippen molar-refractivity contribution >= 4 is 22.0 Å². The van der Waals surface area contributed by atoms with Crippen LogP contribution >= 0.6 is 0 Å². The maximum atomic E-state index is 13.1. The van der Waals surface area contributed by atoms with E-state index in [1.54, 1.807) is 17.0 Å². The molecule has 178 valence electrons. The van der Waals surface area contributed by atoms with Gasteiger partial charge in [-0.3, -0.25) is 4.79 Å². The van der Waals surface area contributed by atoms with Crippen LogP contribution in [0.25, 0.3) is 0 Å². The lowest BCUT2D eigenvalue weighted by Crippen LogP contribution is -2.50. The van der Waals surface area contributed by atoms with Crippen LogP contribution in [0, 0.1) is 0 Å². The van der Waals surface area contributed by atoms with Crippen LogP contribution in [-0.2, 0) is 14.8 Å². The van der Waals surface area contributed by atoms with Crippen molar-refractivity contribution in [1.29, 1.82) is 0 Å². The van der Waals surface area contributed by atoms with Crippen LogP contribution in [0.4, 0.5) is 4.79 Å². The largest absolute Gasteiger partial charge is 0.352 e. The van der Waals surface area contributed by atoms with Crippen molar-refractivity contribution in [2.24, 2.45) is 5.73 Å². The summed E-state index contributed by atoms with van der Waals surface area (Å²) in [6, 6.07) is 6.89. The molecule has 32 heavy (non-hydrogen) atoms. The van der Waals surface area contributed by atoms with Crippen LogP contribution in [0.15, 0.2) is 29.2 Å². The Balaban J connectivity index is 1.44. The number of nitrogens with one attached hydrogen (secondary N) is 1. The van der Waals surface area contributed by atoms with Gasteiger partial charge in [-0.25, -0.2) is 13.2 Å². The van der Waals surface area contributed by atoms with Gasteiger partial charge in [0, 0.05) is 39.1 Å². The van der Waals surface area contributed by atoms with Crippen molar-refractivity contribution in [3.63, 3.8) is 0 Å². The molecule has 0 unspecified atom stereocenters. The fourth-order valence-corrected chi connectivity index (χ4v) is 6.04. The van der Waals surface area contributed by atoms with E-state index in [0.29, 0.717) is 50.0 Å². The Kier molecular flexibility index (Phi) is 8.92. The van der Waals surface area contributed by atoms with Crippen LogP contribution in [0.5, 0.6) is 0 Å². The number of carbonyl (C=O) groups excluding carboxylic acids is 2. The number of nitrogens with zero attached hydrogens (tertiary/aromatic N) is 2. The van der Waals surface area contributed by atoms with E-state index in [4.69, 9.17) is 5.73 Å². The Morgan fingerprint density at radius 1 is 0.938 bits per heavy atom. The summed E-state index contributed by atoms with van der Waals surface area (Å²) in [6.07, 6.45) is 8.96. The first-order valence-corrected chi connectivity index (χ1v) is 13.2. The summed E-state index contributed by atoms with van der Waals surface area (Å²) in [6.45, 7) is 1.99. The van der Waals surface area contributed by atoms with Crippen molar-refractivity contribution < 1.29 is 18.0 Å². The van der Waals surface area contributed by atoms with Gasteiger partial charge >= 0.3 is 6.03 Å². The third-order valence-corrected chi connectivity index (χ3v) is 8.47. The van der Waals surface area contributed by atoms with Gasteiger partial charge in [0.05, 0.1) is 4.90 Å². The number of carbonyl (C=O) groups is 2. The van der Waals surface area contributed by atoms with Gasteiger partial charge in [0.2, 0.25) is 15.9 Å². The highest BCUT2D eigenvalue weighted by atomic mass is 32.2. The average Bonchev–Trinajstić information content (AvgIpc) is 2.81. The average molecular weight is 465 g/mol. The highest BCUT2D eigenvalue weighted by molar-refractivity contribution is 7.89. The van der Waals surface area contributed by atoms with Crippen LogP contribution in [0.2, 0.25) is 0 Å². The smallest absolute Gasteiger partial charge is 0.312 e. The minimum atomic E-state index is -3.54. The zero-order valence-corrected chi connectivity index (χ0v) is 19.6. The van der Waals surface area contributed by atoms with Crippen molar-refractivity contribution in [3.05, 3.63) is 29.8 Å². The molecule has 1 aliphatic heterocycles.